The first kappa shape index (κ1) is 19.0. The van der Waals surface area contributed by atoms with E-state index in [0.29, 0.717) is 6.07 Å². The summed E-state index contributed by atoms with van der Waals surface area (Å²) in [5.41, 5.74) is -0.212. The van der Waals surface area contributed by atoms with E-state index in [1.807, 2.05) is 0 Å². The zero-order valence-electron chi connectivity index (χ0n) is 12.1. The van der Waals surface area contributed by atoms with E-state index < -0.39 is 36.0 Å². The molecule has 0 atom stereocenters. The average molecular weight is 356 g/mol. The molecule has 0 heterocycles. The molecule has 22 heavy (non-hydrogen) atoms. The SMILES string of the molecule is O=C(O)c1ccc2c(S(=O)(=O)O)cc(S(=O)(=O)O)cc2c1.[H-].[Na+]. The van der Waals surface area contributed by atoms with Crippen LogP contribution >= 0.6 is 0 Å². The minimum atomic E-state index is -4.77. The van der Waals surface area contributed by atoms with E-state index in [4.69, 9.17) is 14.2 Å². The summed E-state index contributed by atoms with van der Waals surface area (Å²) in [7, 11) is -9.50. The van der Waals surface area contributed by atoms with Gasteiger partial charge in [0.1, 0.15) is 4.90 Å². The Morgan fingerprint density at radius 3 is 2.00 bits per heavy atom. The molecule has 0 amide bonds. The van der Waals surface area contributed by atoms with Crippen molar-refractivity contribution in [3.8, 4) is 0 Å². The number of carbonyl (C=O) groups is 1. The first-order valence-electron chi connectivity index (χ1n) is 5.26. The van der Waals surface area contributed by atoms with Gasteiger partial charge in [0.25, 0.3) is 20.2 Å². The summed E-state index contributed by atoms with van der Waals surface area (Å²) in [6, 6.07) is 4.75. The van der Waals surface area contributed by atoms with Crippen molar-refractivity contribution in [2.45, 2.75) is 9.79 Å². The normalized spacial score (nSPS) is 11.9. The Labute approximate surface area is 149 Å². The van der Waals surface area contributed by atoms with E-state index in [1.54, 1.807) is 0 Å². The van der Waals surface area contributed by atoms with Crippen LogP contribution in [0.25, 0.3) is 10.8 Å². The van der Waals surface area contributed by atoms with E-state index in [1.165, 1.54) is 0 Å². The minimum Gasteiger partial charge on any atom is -1.00 e. The Bertz CT molecular complexity index is 969. The molecule has 0 fully saturated rings. The van der Waals surface area contributed by atoms with Gasteiger partial charge < -0.3 is 6.53 Å². The summed E-state index contributed by atoms with van der Waals surface area (Å²) in [6.07, 6.45) is 0. The number of benzene rings is 2. The Morgan fingerprint density at radius 1 is 0.955 bits per heavy atom. The second-order valence-electron chi connectivity index (χ2n) is 4.11. The van der Waals surface area contributed by atoms with Crippen LogP contribution in [-0.2, 0) is 20.2 Å². The van der Waals surface area contributed by atoms with Crippen LogP contribution in [0.5, 0.6) is 0 Å². The molecule has 0 spiro atoms. The molecule has 0 saturated heterocycles. The Hall–Kier alpha value is -1.01. The number of hydrogen-bond donors (Lipinski definition) is 3. The molecule has 0 bridgehead atoms. The maximum absolute atomic E-state index is 11.3. The average Bonchev–Trinajstić information content (AvgIpc) is 2.34. The molecule has 8 nitrogen and oxygen atoms in total. The predicted molar refractivity (Wildman–Crippen MR) is 71.6 cm³/mol. The number of aromatic carboxylic acids is 1. The van der Waals surface area contributed by atoms with E-state index in [0.717, 1.165) is 24.3 Å². The molecule has 0 saturated carbocycles. The first-order valence-corrected chi connectivity index (χ1v) is 8.14. The van der Waals surface area contributed by atoms with Crippen LogP contribution < -0.4 is 29.6 Å². The van der Waals surface area contributed by atoms with Crippen LogP contribution in [0.4, 0.5) is 0 Å². The topological polar surface area (TPSA) is 146 Å². The molecule has 0 aliphatic heterocycles. The molecule has 3 N–H and O–H groups in total. The quantitative estimate of drug-likeness (QED) is 0.429. The van der Waals surface area contributed by atoms with Crippen LogP contribution in [0.15, 0.2) is 40.1 Å². The zero-order chi connectivity index (χ0) is 16.0. The number of carboxylic acid groups (broad SMARTS) is 1. The van der Waals surface area contributed by atoms with Gasteiger partial charge in [0.05, 0.1) is 10.5 Å². The number of carboxylic acids is 1. The molecule has 0 unspecified atom stereocenters. The third kappa shape index (κ3) is 3.84. The molecule has 0 aliphatic rings. The van der Waals surface area contributed by atoms with Crippen molar-refractivity contribution < 1.29 is 66.8 Å². The summed E-state index contributed by atoms with van der Waals surface area (Å²) in [6.45, 7) is 0. The third-order valence-electron chi connectivity index (χ3n) is 2.71. The van der Waals surface area contributed by atoms with Crippen molar-refractivity contribution in [3.63, 3.8) is 0 Å². The van der Waals surface area contributed by atoms with Gasteiger partial charge >= 0.3 is 35.5 Å². The van der Waals surface area contributed by atoms with Gasteiger partial charge in [0, 0.05) is 5.39 Å². The van der Waals surface area contributed by atoms with Crippen molar-refractivity contribution in [2.24, 2.45) is 0 Å². The van der Waals surface area contributed by atoms with Crippen molar-refractivity contribution in [3.05, 3.63) is 35.9 Å². The summed E-state index contributed by atoms with van der Waals surface area (Å²) >= 11 is 0. The number of hydrogen-bond acceptors (Lipinski definition) is 5. The van der Waals surface area contributed by atoms with E-state index in [-0.39, 0.29) is 47.3 Å². The first-order chi connectivity index (χ1) is 9.50. The summed E-state index contributed by atoms with van der Waals surface area (Å²) in [4.78, 5) is 9.35. The van der Waals surface area contributed by atoms with Gasteiger partial charge in [0.15, 0.2) is 0 Å². The van der Waals surface area contributed by atoms with Crippen molar-refractivity contribution in [1.29, 1.82) is 0 Å². The zero-order valence-corrected chi connectivity index (χ0v) is 14.7. The minimum absolute atomic E-state index is 0. The monoisotopic (exact) mass is 356 g/mol. The van der Waals surface area contributed by atoms with E-state index in [2.05, 4.69) is 0 Å². The van der Waals surface area contributed by atoms with Crippen LogP contribution in [0, 0.1) is 0 Å². The van der Waals surface area contributed by atoms with Crippen LogP contribution in [0.3, 0.4) is 0 Å². The molecule has 0 radical (unpaired) electrons. The maximum Gasteiger partial charge on any atom is 1.00 e. The molecule has 0 aliphatic carbocycles. The third-order valence-corrected chi connectivity index (χ3v) is 4.44. The van der Waals surface area contributed by atoms with Gasteiger partial charge in [-0.1, -0.05) is 6.07 Å². The number of rotatable bonds is 3. The number of fused-ring (bicyclic) bond motifs is 1. The van der Waals surface area contributed by atoms with Gasteiger partial charge in [-0.25, -0.2) is 4.79 Å². The molecule has 2 aromatic carbocycles. The summed E-state index contributed by atoms with van der Waals surface area (Å²) < 4.78 is 63.0. The van der Waals surface area contributed by atoms with E-state index in [9.17, 15) is 21.6 Å². The van der Waals surface area contributed by atoms with Gasteiger partial charge in [-0.2, -0.15) is 16.8 Å². The molecule has 114 valence electrons. The van der Waals surface area contributed by atoms with Gasteiger partial charge in [0.2, 0.25) is 0 Å². The fraction of sp³-hybridized carbons (Fsp3) is 0. The summed E-state index contributed by atoms with van der Waals surface area (Å²) in [5, 5.41) is 8.72. The standard InChI is InChI=1S/C11H8O8S2.Na.H/c12-11(13)6-1-2-9-7(3-6)4-8(20(14,15)16)5-10(9)21(17,18)19;;/h1-5H,(H,12,13)(H,14,15,16)(H,17,18,19);;/q;+1;-1. The largest absolute Gasteiger partial charge is 1.00 e. The smallest absolute Gasteiger partial charge is 1.00 e. The molecule has 0 aromatic heterocycles. The van der Waals surface area contributed by atoms with Crippen LogP contribution in [0.2, 0.25) is 0 Å². The Morgan fingerprint density at radius 2 is 1.55 bits per heavy atom. The molecule has 2 aromatic rings. The molecule has 2 rings (SSSR count). The Balaban J connectivity index is 0.00000242. The maximum atomic E-state index is 11.3. The Kier molecular flexibility index (Phi) is 5.40. The van der Waals surface area contributed by atoms with E-state index >= 15 is 0 Å². The molecular weight excluding hydrogens is 347 g/mol. The molecular formula is C11H9NaO8S2. The molecule has 11 heteroatoms. The summed E-state index contributed by atoms with van der Waals surface area (Å²) in [5.74, 6) is -1.30. The second-order valence-corrected chi connectivity index (χ2v) is 6.92. The second kappa shape index (κ2) is 6.24. The van der Waals surface area contributed by atoms with Crippen molar-refractivity contribution in [1.82, 2.24) is 0 Å². The van der Waals surface area contributed by atoms with Crippen molar-refractivity contribution >= 4 is 37.0 Å². The fourth-order valence-electron chi connectivity index (χ4n) is 1.80. The van der Waals surface area contributed by atoms with Gasteiger partial charge in [-0.15, -0.1) is 0 Å². The van der Waals surface area contributed by atoms with Crippen LogP contribution in [0.1, 0.15) is 11.8 Å². The fourth-order valence-corrected chi connectivity index (χ4v) is 3.16. The van der Waals surface area contributed by atoms with Gasteiger partial charge in [-0.05, 0) is 29.7 Å². The van der Waals surface area contributed by atoms with Crippen molar-refractivity contribution in [2.75, 3.05) is 0 Å². The van der Waals surface area contributed by atoms with Crippen LogP contribution in [-0.4, -0.2) is 37.0 Å². The predicted octanol–water partition coefficient (Wildman–Crippen LogP) is -1.85. The van der Waals surface area contributed by atoms with Gasteiger partial charge in [-0.3, -0.25) is 9.11 Å².